The summed E-state index contributed by atoms with van der Waals surface area (Å²) in [4.78, 5) is 34.9. The second-order valence-corrected chi connectivity index (χ2v) is 16.2. The number of allylic oxidation sites excluding steroid dienone is 2. The maximum Gasteiger partial charge on any atom is 0.472 e. The van der Waals surface area contributed by atoms with E-state index in [1.165, 1.54) is 128 Å². The summed E-state index contributed by atoms with van der Waals surface area (Å²) in [7, 11) is -4.61. The Morgan fingerprint density at radius 3 is 1.36 bits per heavy atom. The van der Waals surface area contributed by atoms with Gasteiger partial charge in [-0.3, -0.25) is 18.6 Å². The molecule has 0 amide bonds. The quantitative estimate of drug-likeness (QED) is 0.0237. The maximum atomic E-state index is 12.6. The highest BCUT2D eigenvalue weighted by Gasteiger charge is 2.27. The van der Waals surface area contributed by atoms with E-state index in [-0.39, 0.29) is 19.4 Å². The normalized spacial score (nSPS) is 14.0. The smallest absolute Gasteiger partial charge is 0.462 e. The summed E-state index contributed by atoms with van der Waals surface area (Å²) >= 11 is 0. The highest BCUT2D eigenvalue weighted by atomic mass is 31.2. The van der Waals surface area contributed by atoms with Crippen LogP contribution in [0, 0.1) is 0 Å². The van der Waals surface area contributed by atoms with Gasteiger partial charge >= 0.3 is 19.8 Å². The van der Waals surface area contributed by atoms with E-state index in [2.05, 4.69) is 30.5 Å². The van der Waals surface area contributed by atoms with Crippen molar-refractivity contribution in [3.63, 3.8) is 0 Å². The van der Waals surface area contributed by atoms with Gasteiger partial charge in [-0.25, -0.2) is 4.57 Å². The molecule has 0 saturated carbocycles. The van der Waals surface area contributed by atoms with Gasteiger partial charge in [0.25, 0.3) is 0 Å². The van der Waals surface area contributed by atoms with Crippen LogP contribution in [-0.2, 0) is 32.7 Å². The van der Waals surface area contributed by atoms with Crippen LogP contribution >= 0.6 is 7.82 Å². The second-order valence-electron chi connectivity index (χ2n) is 14.7. The number of carbonyl (C=O) groups is 2. The van der Waals surface area contributed by atoms with Gasteiger partial charge in [0, 0.05) is 12.8 Å². The van der Waals surface area contributed by atoms with Crippen LogP contribution in [0.1, 0.15) is 206 Å². The lowest BCUT2D eigenvalue weighted by Gasteiger charge is -2.20. The van der Waals surface area contributed by atoms with Crippen LogP contribution in [0.3, 0.4) is 0 Å². The molecule has 53 heavy (non-hydrogen) atoms. The van der Waals surface area contributed by atoms with Crippen LogP contribution in [-0.4, -0.2) is 65.7 Å². The topological polar surface area (TPSA) is 149 Å². The lowest BCUT2D eigenvalue weighted by molar-refractivity contribution is -0.161. The molecule has 1 unspecified atom stereocenters. The lowest BCUT2D eigenvalue weighted by Crippen LogP contribution is -2.29. The molecule has 0 heterocycles. The molecule has 3 atom stereocenters. The van der Waals surface area contributed by atoms with Gasteiger partial charge in [0.1, 0.15) is 12.7 Å². The largest absolute Gasteiger partial charge is 0.472 e. The highest BCUT2D eigenvalue weighted by molar-refractivity contribution is 7.47. The predicted molar refractivity (Wildman–Crippen MR) is 215 cm³/mol. The Labute approximate surface area is 324 Å². The standard InChI is InChI=1S/C42H81O10P/c1-3-5-7-9-11-13-15-16-17-18-19-20-21-22-24-25-27-29-31-33-41(45)49-37-40(38-51-53(47,48)50-36-39(44)35-43)52-42(46)34-32-30-28-26-23-14-12-10-8-6-4-2/h16-17,39-40,43-44H,3-15,18-38H2,1-2H3,(H,47,48)/b17-16+/t39-,40+/m1/s1. The molecule has 0 aliphatic carbocycles. The first-order chi connectivity index (χ1) is 25.7. The molecule has 0 spiro atoms. The summed E-state index contributed by atoms with van der Waals surface area (Å²) < 4.78 is 32.7. The lowest BCUT2D eigenvalue weighted by atomic mass is 10.1. The minimum absolute atomic E-state index is 0.189. The van der Waals surface area contributed by atoms with Crippen molar-refractivity contribution < 1.29 is 47.8 Å². The third-order valence-corrected chi connectivity index (χ3v) is 10.4. The summed E-state index contributed by atoms with van der Waals surface area (Å²) in [5.41, 5.74) is 0. The van der Waals surface area contributed by atoms with Gasteiger partial charge < -0.3 is 24.6 Å². The Balaban J connectivity index is 4.21. The van der Waals surface area contributed by atoms with Crippen LogP contribution in [0.5, 0.6) is 0 Å². The third kappa shape index (κ3) is 38.8. The monoisotopic (exact) mass is 777 g/mol. The molecule has 3 N–H and O–H groups in total. The van der Waals surface area contributed by atoms with Gasteiger partial charge in [-0.2, -0.15) is 0 Å². The van der Waals surface area contributed by atoms with E-state index in [1.807, 2.05) is 0 Å². The van der Waals surface area contributed by atoms with Crippen molar-refractivity contribution in [1.82, 2.24) is 0 Å². The van der Waals surface area contributed by atoms with Gasteiger partial charge in [-0.1, -0.05) is 167 Å². The number of phosphoric acid groups is 1. The zero-order chi connectivity index (χ0) is 39.1. The molecular weight excluding hydrogens is 695 g/mol. The minimum atomic E-state index is -4.61. The zero-order valence-corrected chi connectivity index (χ0v) is 34.9. The van der Waals surface area contributed by atoms with E-state index in [0.717, 1.165) is 38.5 Å². The van der Waals surface area contributed by atoms with Crippen molar-refractivity contribution in [2.45, 2.75) is 219 Å². The second kappa shape index (κ2) is 39.0. The maximum absolute atomic E-state index is 12.6. The number of rotatable bonds is 41. The summed E-state index contributed by atoms with van der Waals surface area (Å²) in [5, 5.41) is 18.3. The van der Waals surface area contributed by atoms with Gasteiger partial charge in [0.15, 0.2) is 6.10 Å². The van der Waals surface area contributed by atoms with Crippen LogP contribution in [0.25, 0.3) is 0 Å². The number of carbonyl (C=O) groups excluding carboxylic acids is 2. The fraction of sp³-hybridized carbons (Fsp3) is 0.905. The van der Waals surface area contributed by atoms with Crippen LogP contribution < -0.4 is 0 Å². The number of phosphoric ester groups is 1. The Morgan fingerprint density at radius 1 is 0.547 bits per heavy atom. The van der Waals surface area contributed by atoms with E-state index in [0.29, 0.717) is 12.8 Å². The van der Waals surface area contributed by atoms with E-state index in [1.54, 1.807) is 0 Å². The zero-order valence-electron chi connectivity index (χ0n) is 34.0. The highest BCUT2D eigenvalue weighted by Crippen LogP contribution is 2.43. The van der Waals surface area contributed by atoms with Crippen LogP contribution in [0.15, 0.2) is 12.2 Å². The molecule has 0 radical (unpaired) electrons. The molecule has 0 aromatic rings. The number of aliphatic hydroxyl groups is 2. The molecule has 0 saturated heterocycles. The summed E-state index contributed by atoms with van der Waals surface area (Å²) in [6.07, 6.45) is 36.1. The molecule has 0 aromatic heterocycles. The molecule has 0 rings (SSSR count). The fourth-order valence-electron chi connectivity index (χ4n) is 6.05. The average molecular weight is 777 g/mol. The molecule has 10 nitrogen and oxygen atoms in total. The minimum Gasteiger partial charge on any atom is -0.462 e. The first kappa shape index (κ1) is 51.7. The van der Waals surface area contributed by atoms with Crippen molar-refractivity contribution in [3.05, 3.63) is 12.2 Å². The average Bonchev–Trinajstić information content (AvgIpc) is 3.14. The number of aliphatic hydroxyl groups excluding tert-OH is 2. The number of unbranched alkanes of at least 4 members (excludes halogenated alkanes) is 25. The number of hydrogen-bond acceptors (Lipinski definition) is 9. The molecule has 314 valence electrons. The van der Waals surface area contributed by atoms with E-state index < -0.39 is 51.8 Å². The summed E-state index contributed by atoms with van der Waals surface area (Å²) in [5.74, 6) is -0.919. The van der Waals surface area contributed by atoms with E-state index >= 15 is 0 Å². The Bertz CT molecular complexity index is 899. The van der Waals surface area contributed by atoms with Gasteiger partial charge in [-0.05, 0) is 38.5 Å². The van der Waals surface area contributed by atoms with Crippen LogP contribution in [0.2, 0.25) is 0 Å². The van der Waals surface area contributed by atoms with E-state index in [4.69, 9.17) is 19.1 Å². The Hall–Kier alpha value is -1.29. The van der Waals surface area contributed by atoms with Gasteiger partial charge in [0.2, 0.25) is 0 Å². The number of ether oxygens (including phenoxy) is 2. The number of esters is 2. The fourth-order valence-corrected chi connectivity index (χ4v) is 6.84. The molecule has 11 heteroatoms. The van der Waals surface area contributed by atoms with Gasteiger partial charge in [-0.15, -0.1) is 0 Å². The molecule has 0 fully saturated rings. The van der Waals surface area contributed by atoms with Crippen LogP contribution in [0.4, 0.5) is 0 Å². The first-order valence-corrected chi connectivity index (χ1v) is 23.1. The SMILES string of the molecule is CCCCCCCC/C=C/CCCCCCCCCCCC(=O)OC[C@@H](COP(=O)(O)OC[C@H](O)CO)OC(=O)CCCCCCCCCCCCC. The van der Waals surface area contributed by atoms with Crippen molar-refractivity contribution >= 4 is 19.8 Å². The Morgan fingerprint density at radius 2 is 0.925 bits per heavy atom. The predicted octanol–water partition coefficient (Wildman–Crippen LogP) is 11.2. The molecule has 0 aromatic carbocycles. The van der Waals surface area contributed by atoms with Crippen molar-refractivity contribution in [3.8, 4) is 0 Å². The number of hydrogen-bond donors (Lipinski definition) is 3. The summed E-state index contributed by atoms with van der Waals surface area (Å²) in [6, 6.07) is 0. The molecule has 0 bridgehead atoms. The molecular formula is C42H81O10P. The van der Waals surface area contributed by atoms with Crippen molar-refractivity contribution in [1.29, 1.82) is 0 Å². The van der Waals surface area contributed by atoms with Gasteiger partial charge in [0.05, 0.1) is 19.8 Å². The summed E-state index contributed by atoms with van der Waals surface area (Å²) in [6.45, 7) is 2.38. The first-order valence-electron chi connectivity index (χ1n) is 21.6. The molecule has 0 aliphatic rings. The van der Waals surface area contributed by atoms with Crippen molar-refractivity contribution in [2.24, 2.45) is 0 Å². The Kier molecular flexibility index (Phi) is 38.0. The van der Waals surface area contributed by atoms with Crippen molar-refractivity contribution in [2.75, 3.05) is 26.4 Å². The molecule has 0 aliphatic heterocycles. The third-order valence-electron chi connectivity index (χ3n) is 9.42. The van der Waals surface area contributed by atoms with E-state index in [9.17, 15) is 24.2 Å².